The minimum absolute atomic E-state index is 0.0480. The van der Waals surface area contributed by atoms with Crippen LogP contribution in [0.2, 0.25) is 0 Å². The molecule has 1 atom stereocenters. The van der Waals surface area contributed by atoms with E-state index in [4.69, 9.17) is 0 Å². The van der Waals surface area contributed by atoms with Gasteiger partial charge in [0.05, 0.1) is 11.6 Å². The van der Waals surface area contributed by atoms with Crippen LogP contribution in [-0.2, 0) is 9.59 Å². The Morgan fingerprint density at radius 2 is 1.66 bits per heavy atom. The van der Waals surface area contributed by atoms with Gasteiger partial charge in [-0.1, -0.05) is 64.5 Å². The van der Waals surface area contributed by atoms with Gasteiger partial charge in [0.25, 0.3) is 5.78 Å². The molecule has 1 aliphatic heterocycles. The number of carbonyl (C=O) groups excluding carboxylic acids is 2. The molecular weight excluding hydrogens is 432 g/mol. The lowest BCUT2D eigenvalue weighted by atomic mass is 9.95. The average Bonchev–Trinajstić information content (AvgIpc) is 2.99. The number of anilines is 1. The van der Waals surface area contributed by atoms with E-state index in [0.717, 1.165) is 10.2 Å². The van der Waals surface area contributed by atoms with Crippen molar-refractivity contribution >= 4 is 39.2 Å². The number of ketones is 1. The molecule has 0 aliphatic carbocycles. The number of halogens is 1. The molecule has 5 nitrogen and oxygen atoms in total. The second-order valence-electron chi connectivity index (χ2n) is 6.72. The van der Waals surface area contributed by atoms with Gasteiger partial charge in [0.2, 0.25) is 0 Å². The highest BCUT2D eigenvalue weighted by Gasteiger charge is 2.47. The molecule has 1 aromatic heterocycles. The largest absolute Gasteiger partial charge is 0.507 e. The van der Waals surface area contributed by atoms with E-state index in [0.29, 0.717) is 16.9 Å². The van der Waals surface area contributed by atoms with Crippen molar-refractivity contribution in [2.45, 2.75) is 13.0 Å². The van der Waals surface area contributed by atoms with Crippen LogP contribution < -0.4 is 4.90 Å². The van der Waals surface area contributed by atoms with Gasteiger partial charge in [-0.25, -0.2) is 4.98 Å². The van der Waals surface area contributed by atoms with E-state index in [1.807, 2.05) is 43.3 Å². The number of hydrogen-bond donors (Lipinski definition) is 1. The van der Waals surface area contributed by atoms with Crippen LogP contribution in [0.3, 0.4) is 0 Å². The number of amides is 1. The maximum Gasteiger partial charge on any atom is 0.301 e. The predicted octanol–water partition coefficient (Wildman–Crippen LogP) is 4.78. The van der Waals surface area contributed by atoms with Gasteiger partial charge in [0, 0.05) is 15.7 Å². The first kappa shape index (κ1) is 19.1. The summed E-state index contributed by atoms with van der Waals surface area (Å²) in [4.78, 5) is 31.8. The standard InChI is InChI=1S/C23H17BrN2O3/c1-14-6-5-9-18(25-14)26-20(15-10-12-17(24)13-11-15)19(22(28)23(26)29)21(27)16-7-3-2-4-8-16/h2-13,20,27H,1H3/b21-19-. The zero-order valence-corrected chi connectivity index (χ0v) is 17.1. The first-order valence-electron chi connectivity index (χ1n) is 9.03. The van der Waals surface area contributed by atoms with Gasteiger partial charge < -0.3 is 5.11 Å². The van der Waals surface area contributed by atoms with Crippen molar-refractivity contribution < 1.29 is 14.7 Å². The molecule has 4 rings (SSSR count). The molecule has 1 aliphatic rings. The van der Waals surface area contributed by atoms with E-state index in [1.165, 1.54) is 4.90 Å². The van der Waals surface area contributed by atoms with Crippen LogP contribution in [0.1, 0.15) is 22.9 Å². The molecule has 1 N–H and O–H groups in total. The number of carbonyl (C=O) groups is 2. The molecular formula is C23H17BrN2O3. The fraction of sp³-hybridized carbons (Fsp3) is 0.0870. The molecule has 2 aromatic carbocycles. The van der Waals surface area contributed by atoms with Crippen molar-refractivity contribution in [2.75, 3.05) is 4.90 Å². The number of aliphatic hydroxyl groups excluding tert-OH is 1. The van der Waals surface area contributed by atoms with Crippen LogP contribution >= 0.6 is 15.9 Å². The third kappa shape index (κ3) is 3.47. The summed E-state index contributed by atoms with van der Waals surface area (Å²) < 4.78 is 0.870. The minimum Gasteiger partial charge on any atom is -0.507 e. The fourth-order valence-corrected chi connectivity index (χ4v) is 3.71. The van der Waals surface area contributed by atoms with E-state index in [-0.39, 0.29) is 11.3 Å². The minimum atomic E-state index is -0.780. The van der Waals surface area contributed by atoms with E-state index < -0.39 is 17.7 Å². The van der Waals surface area contributed by atoms with Gasteiger partial charge in [0.1, 0.15) is 11.6 Å². The fourth-order valence-electron chi connectivity index (χ4n) is 3.44. The highest BCUT2D eigenvalue weighted by atomic mass is 79.9. The molecule has 3 aromatic rings. The zero-order chi connectivity index (χ0) is 20.5. The van der Waals surface area contributed by atoms with Crippen molar-refractivity contribution in [3.63, 3.8) is 0 Å². The maximum atomic E-state index is 13.0. The number of aryl methyl sites for hydroxylation is 1. The third-order valence-electron chi connectivity index (χ3n) is 4.80. The first-order valence-corrected chi connectivity index (χ1v) is 9.82. The molecule has 0 spiro atoms. The van der Waals surface area contributed by atoms with Crippen molar-refractivity contribution in [3.8, 4) is 0 Å². The highest BCUT2D eigenvalue weighted by Crippen LogP contribution is 2.41. The number of Topliss-reactive ketones (excluding diaryl/α,β-unsaturated/α-hetero) is 1. The lowest BCUT2D eigenvalue weighted by Crippen LogP contribution is -2.30. The summed E-state index contributed by atoms with van der Waals surface area (Å²) in [6.45, 7) is 1.82. The summed E-state index contributed by atoms with van der Waals surface area (Å²) in [6.07, 6.45) is 0. The Labute approximate surface area is 176 Å². The van der Waals surface area contributed by atoms with Crippen LogP contribution in [0.15, 0.2) is 82.8 Å². The summed E-state index contributed by atoms with van der Waals surface area (Å²) in [5, 5.41) is 11.0. The molecule has 0 bridgehead atoms. The molecule has 6 heteroatoms. The number of benzene rings is 2. The van der Waals surface area contributed by atoms with Gasteiger partial charge in [-0.15, -0.1) is 0 Å². The molecule has 1 fully saturated rings. The van der Waals surface area contributed by atoms with Crippen LogP contribution in [0.25, 0.3) is 5.76 Å². The summed E-state index contributed by atoms with van der Waals surface area (Å²) in [5.74, 6) is -1.28. The number of aliphatic hydroxyl groups is 1. The Hall–Kier alpha value is -3.25. The Balaban J connectivity index is 1.96. The first-order chi connectivity index (χ1) is 14.0. The van der Waals surface area contributed by atoms with Crippen LogP contribution in [0.5, 0.6) is 0 Å². The molecule has 29 heavy (non-hydrogen) atoms. The molecule has 1 saturated heterocycles. The van der Waals surface area contributed by atoms with E-state index in [9.17, 15) is 14.7 Å². The summed E-state index contributed by atoms with van der Waals surface area (Å²) in [5.41, 5.74) is 1.95. The summed E-state index contributed by atoms with van der Waals surface area (Å²) in [7, 11) is 0. The lowest BCUT2D eigenvalue weighted by molar-refractivity contribution is -0.132. The van der Waals surface area contributed by atoms with Crippen molar-refractivity contribution in [1.82, 2.24) is 4.98 Å². The van der Waals surface area contributed by atoms with Gasteiger partial charge >= 0.3 is 5.91 Å². The van der Waals surface area contributed by atoms with Crippen molar-refractivity contribution in [1.29, 1.82) is 0 Å². The number of pyridine rings is 1. The monoisotopic (exact) mass is 448 g/mol. The number of aromatic nitrogens is 1. The van der Waals surface area contributed by atoms with Gasteiger partial charge in [0.15, 0.2) is 0 Å². The number of hydrogen-bond acceptors (Lipinski definition) is 4. The van der Waals surface area contributed by atoms with Gasteiger partial charge in [-0.05, 0) is 36.8 Å². The smallest absolute Gasteiger partial charge is 0.301 e. The molecule has 0 radical (unpaired) electrons. The van der Waals surface area contributed by atoms with E-state index >= 15 is 0 Å². The second kappa shape index (κ2) is 7.64. The highest BCUT2D eigenvalue weighted by molar-refractivity contribution is 9.10. The number of rotatable bonds is 3. The van der Waals surface area contributed by atoms with Crippen molar-refractivity contribution in [3.05, 3.63) is 99.7 Å². The Kier molecular flexibility index (Phi) is 5.03. The van der Waals surface area contributed by atoms with Crippen LogP contribution in [0, 0.1) is 6.92 Å². The SMILES string of the molecule is Cc1cccc(N2C(=O)C(=O)/C(=C(\O)c3ccccc3)C2c2ccc(Br)cc2)n1. The van der Waals surface area contributed by atoms with E-state index in [2.05, 4.69) is 20.9 Å². The predicted molar refractivity (Wildman–Crippen MR) is 114 cm³/mol. The normalized spacial score (nSPS) is 18.3. The van der Waals surface area contributed by atoms with Gasteiger partial charge in [-0.3, -0.25) is 14.5 Å². The molecule has 1 amide bonds. The van der Waals surface area contributed by atoms with E-state index in [1.54, 1.807) is 36.4 Å². The Bertz CT molecular complexity index is 1120. The Morgan fingerprint density at radius 3 is 2.31 bits per heavy atom. The lowest BCUT2D eigenvalue weighted by Gasteiger charge is -2.24. The molecule has 144 valence electrons. The van der Waals surface area contributed by atoms with Gasteiger partial charge in [-0.2, -0.15) is 0 Å². The average molecular weight is 449 g/mol. The molecule has 2 heterocycles. The maximum absolute atomic E-state index is 13.0. The molecule has 0 saturated carbocycles. The van der Waals surface area contributed by atoms with Crippen molar-refractivity contribution in [2.24, 2.45) is 0 Å². The molecule has 1 unspecified atom stereocenters. The Morgan fingerprint density at radius 1 is 0.966 bits per heavy atom. The summed E-state index contributed by atoms with van der Waals surface area (Å²) in [6, 6.07) is 20.6. The zero-order valence-electron chi connectivity index (χ0n) is 15.5. The third-order valence-corrected chi connectivity index (χ3v) is 5.33. The summed E-state index contributed by atoms with van der Waals surface area (Å²) >= 11 is 3.41. The van der Waals surface area contributed by atoms with Crippen LogP contribution in [0.4, 0.5) is 5.82 Å². The van der Waals surface area contributed by atoms with Crippen LogP contribution in [-0.4, -0.2) is 21.8 Å². The second-order valence-corrected chi connectivity index (χ2v) is 7.64. The topological polar surface area (TPSA) is 70.5 Å². The number of nitrogens with zero attached hydrogens (tertiary/aromatic N) is 2. The quantitative estimate of drug-likeness (QED) is 0.355.